The molecule has 0 spiro atoms. The molecule has 170 valence electrons. The second kappa shape index (κ2) is 9.78. The van der Waals surface area contributed by atoms with Crippen molar-refractivity contribution < 1.29 is 28.5 Å². The van der Waals surface area contributed by atoms with Crippen molar-refractivity contribution in [2.75, 3.05) is 26.4 Å². The summed E-state index contributed by atoms with van der Waals surface area (Å²) in [4.78, 5) is 37.3. The van der Waals surface area contributed by atoms with E-state index in [1.807, 2.05) is 6.92 Å². The Morgan fingerprint density at radius 2 is 2.19 bits per heavy atom. The third-order valence-electron chi connectivity index (χ3n) is 5.46. The Labute approximate surface area is 179 Å². The van der Waals surface area contributed by atoms with E-state index >= 15 is 0 Å². The smallest absolute Gasteiger partial charge is 0.332 e. The van der Waals surface area contributed by atoms with Crippen molar-refractivity contribution >= 4 is 5.97 Å². The van der Waals surface area contributed by atoms with Crippen LogP contribution in [0.25, 0.3) is 0 Å². The van der Waals surface area contributed by atoms with Gasteiger partial charge in [0.2, 0.25) is 0 Å². The van der Waals surface area contributed by atoms with Crippen molar-refractivity contribution in [1.82, 2.24) is 9.55 Å². The second-order valence-electron chi connectivity index (χ2n) is 8.04. The Morgan fingerprint density at radius 3 is 2.87 bits per heavy atom. The summed E-state index contributed by atoms with van der Waals surface area (Å²) < 4.78 is 29.1. The predicted octanol–water partition coefficient (Wildman–Crippen LogP) is 0.421. The number of carbonyl (C=O) groups excluding carboxylic acids is 1. The zero-order valence-corrected chi connectivity index (χ0v) is 17.9. The van der Waals surface area contributed by atoms with Crippen LogP contribution in [-0.2, 0) is 28.5 Å². The molecule has 10 nitrogen and oxygen atoms in total. The highest BCUT2D eigenvalue weighted by Crippen LogP contribution is 2.52. The van der Waals surface area contributed by atoms with Gasteiger partial charge in [-0.15, -0.1) is 6.42 Å². The number of H-pyrrole nitrogens is 1. The maximum Gasteiger partial charge on any atom is 0.332 e. The van der Waals surface area contributed by atoms with Gasteiger partial charge < -0.3 is 23.7 Å². The van der Waals surface area contributed by atoms with Crippen LogP contribution in [0.4, 0.5) is 0 Å². The summed E-state index contributed by atoms with van der Waals surface area (Å²) in [6.45, 7) is 5.94. The Bertz CT molecular complexity index is 932. The van der Waals surface area contributed by atoms with E-state index < -0.39 is 35.2 Å². The molecule has 2 fully saturated rings. The molecule has 2 saturated heterocycles. The quantitative estimate of drug-likeness (QED) is 0.354. The number of terminal acetylenes is 1. The minimum absolute atomic E-state index is 0.123. The summed E-state index contributed by atoms with van der Waals surface area (Å²) in [6.07, 6.45) is 5.96. The fraction of sp³-hybridized carbons (Fsp3) is 0.667. The fourth-order valence-electron chi connectivity index (χ4n) is 3.95. The molecule has 0 aliphatic carbocycles. The van der Waals surface area contributed by atoms with E-state index in [0.717, 1.165) is 0 Å². The van der Waals surface area contributed by atoms with Gasteiger partial charge >= 0.3 is 11.7 Å². The summed E-state index contributed by atoms with van der Waals surface area (Å²) in [7, 11) is 0. The van der Waals surface area contributed by atoms with Crippen molar-refractivity contribution in [3.8, 4) is 12.3 Å². The number of aromatic nitrogens is 2. The molecule has 0 bridgehead atoms. The summed E-state index contributed by atoms with van der Waals surface area (Å²) in [5.74, 6) is 2.24. The molecule has 0 unspecified atom stereocenters. The molecule has 2 aliphatic heterocycles. The van der Waals surface area contributed by atoms with Crippen molar-refractivity contribution in [2.45, 2.75) is 51.9 Å². The lowest BCUT2D eigenvalue weighted by Gasteiger charge is -2.36. The third-order valence-corrected chi connectivity index (χ3v) is 5.46. The fourth-order valence-corrected chi connectivity index (χ4v) is 3.95. The van der Waals surface area contributed by atoms with Crippen LogP contribution in [0.15, 0.2) is 21.9 Å². The van der Waals surface area contributed by atoms with Crippen LogP contribution in [0.3, 0.4) is 0 Å². The first kappa shape index (κ1) is 23.2. The number of esters is 1. The predicted molar refractivity (Wildman–Crippen MR) is 108 cm³/mol. The SMILES string of the molecule is C#C[C@]1(C)[C@@H]2C[C@H](OCCOCC(=O)OC(C)C)OC[C@H]2O[C@H]1n1ccc(=O)[nH]c1=O. The summed E-state index contributed by atoms with van der Waals surface area (Å²) in [5.41, 5.74) is -1.88. The molecule has 1 aromatic heterocycles. The van der Waals surface area contributed by atoms with E-state index in [-0.39, 0.29) is 44.6 Å². The molecule has 10 heteroatoms. The molecule has 5 atom stereocenters. The molecule has 2 aliphatic rings. The molecule has 1 N–H and O–H groups in total. The first-order valence-electron chi connectivity index (χ1n) is 10.2. The van der Waals surface area contributed by atoms with Gasteiger partial charge in [0.15, 0.2) is 12.5 Å². The molecule has 0 saturated carbocycles. The standard InChI is InChI=1S/C21H28N2O8/c1-5-21(4)14-10-18(28-9-8-27-12-17(25)30-13(2)3)29-11-15(14)31-19(21)23-7-6-16(24)22-20(23)26/h1,6-7,13-15,18-19H,8-12H2,2-4H3,(H,22,24,26)/t14-,15-,18-,19-,21-/m1/s1. The van der Waals surface area contributed by atoms with Crippen molar-refractivity contribution in [2.24, 2.45) is 11.3 Å². The number of aromatic amines is 1. The topological polar surface area (TPSA) is 118 Å². The summed E-state index contributed by atoms with van der Waals surface area (Å²) in [6, 6.07) is 1.25. The van der Waals surface area contributed by atoms with Crippen molar-refractivity contribution in [3.63, 3.8) is 0 Å². The van der Waals surface area contributed by atoms with Crippen LogP contribution >= 0.6 is 0 Å². The molecule has 0 aromatic carbocycles. The van der Waals surface area contributed by atoms with Crippen LogP contribution in [-0.4, -0.2) is 60.4 Å². The number of rotatable bonds is 8. The minimum atomic E-state index is -0.810. The maximum atomic E-state index is 12.3. The number of carbonyl (C=O) groups is 1. The van der Waals surface area contributed by atoms with Gasteiger partial charge in [-0.05, 0) is 20.8 Å². The first-order valence-corrected chi connectivity index (χ1v) is 10.2. The van der Waals surface area contributed by atoms with Gasteiger partial charge in [-0.25, -0.2) is 9.59 Å². The second-order valence-corrected chi connectivity index (χ2v) is 8.04. The molecule has 3 heterocycles. The molecular weight excluding hydrogens is 408 g/mol. The van der Waals surface area contributed by atoms with Gasteiger partial charge in [0, 0.05) is 24.6 Å². The third kappa shape index (κ3) is 5.25. The van der Waals surface area contributed by atoms with Gasteiger partial charge in [0.1, 0.15) is 6.61 Å². The zero-order chi connectivity index (χ0) is 22.6. The monoisotopic (exact) mass is 436 g/mol. The molecule has 31 heavy (non-hydrogen) atoms. The molecule has 3 rings (SSSR count). The van der Waals surface area contributed by atoms with Crippen LogP contribution in [0.1, 0.15) is 33.4 Å². The maximum absolute atomic E-state index is 12.3. The highest BCUT2D eigenvalue weighted by atomic mass is 16.7. The Balaban J connectivity index is 1.56. The Hall–Kier alpha value is -2.45. The van der Waals surface area contributed by atoms with E-state index in [1.54, 1.807) is 13.8 Å². The molecule has 0 amide bonds. The van der Waals surface area contributed by atoms with Crippen molar-refractivity contribution in [3.05, 3.63) is 33.1 Å². The van der Waals surface area contributed by atoms with E-state index in [2.05, 4.69) is 10.9 Å². The van der Waals surface area contributed by atoms with E-state index in [4.69, 9.17) is 30.1 Å². The minimum Gasteiger partial charge on any atom is -0.461 e. The van der Waals surface area contributed by atoms with E-state index in [9.17, 15) is 14.4 Å². The van der Waals surface area contributed by atoms with Crippen molar-refractivity contribution in [1.29, 1.82) is 0 Å². The molecule has 1 aromatic rings. The number of nitrogens with zero attached hydrogens (tertiary/aromatic N) is 1. The number of hydrogen-bond acceptors (Lipinski definition) is 8. The zero-order valence-electron chi connectivity index (χ0n) is 17.9. The largest absolute Gasteiger partial charge is 0.461 e. The molecule has 0 radical (unpaired) electrons. The Kier molecular flexibility index (Phi) is 7.33. The number of fused-ring (bicyclic) bond motifs is 1. The van der Waals surface area contributed by atoms with Gasteiger partial charge in [-0.1, -0.05) is 5.92 Å². The number of nitrogens with one attached hydrogen (secondary N) is 1. The molecular formula is C21H28N2O8. The van der Waals surface area contributed by atoms with Gasteiger partial charge in [-0.2, -0.15) is 0 Å². The Morgan fingerprint density at radius 1 is 1.42 bits per heavy atom. The lowest BCUT2D eigenvalue weighted by molar-refractivity contribution is -0.206. The number of ether oxygens (including phenoxy) is 5. The number of hydrogen-bond donors (Lipinski definition) is 1. The summed E-state index contributed by atoms with van der Waals surface area (Å²) >= 11 is 0. The highest BCUT2D eigenvalue weighted by Gasteiger charge is 2.56. The van der Waals surface area contributed by atoms with E-state index in [0.29, 0.717) is 6.42 Å². The first-order chi connectivity index (χ1) is 14.7. The van der Waals surface area contributed by atoms with Crippen LogP contribution in [0.5, 0.6) is 0 Å². The van der Waals surface area contributed by atoms with E-state index in [1.165, 1.54) is 16.8 Å². The summed E-state index contributed by atoms with van der Waals surface area (Å²) in [5, 5.41) is 0. The van der Waals surface area contributed by atoms with Crippen LogP contribution in [0, 0.1) is 23.7 Å². The average molecular weight is 436 g/mol. The highest BCUT2D eigenvalue weighted by molar-refractivity contribution is 5.70. The van der Waals surface area contributed by atoms with Gasteiger partial charge in [0.25, 0.3) is 5.56 Å². The lowest BCUT2D eigenvalue weighted by Crippen LogP contribution is -2.42. The van der Waals surface area contributed by atoms with Crippen LogP contribution < -0.4 is 11.2 Å². The van der Waals surface area contributed by atoms with Crippen LogP contribution in [0.2, 0.25) is 0 Å². The normalized spacial score (nSPS) is 30.0. The van der Waals surface area contributed by atoms with Gasteiger partial charge in [-0.3, -0.25) is 14.3 Å². The average Bonchev–Trinajstić information content (AvgIpc) is 3.00. The lowest BCUT2D eigenvalue weighted by atomic mass is 9.73. The van der Waals surface area contributed by atoms with Gasteiger partial charge in [0.05, 0.1) is 37.4 Å².